The molecule has 0 saturated heterocycles. The van der Waals surface area contributed by atoms with Gasteiger partial charge < -0.3 is 8.98 Å². The summed E-state index contributed by atoms with van der Waals surface area (Å²) in [6, 6.07) is 58.1. The van der Waals surface area contributed by atoms with Crippen LogP contribution in [0.15, 0.2) is 168 Å². The van der Waals surface area contributed by atoms with E-state index >= 15 is 0 Å². The number of hydrogen-bond acceptors (Lipinski definition) is 3. The van der Waals surface area contributed by atoms with Crippen LogP contribution in [0, 0.1) is 0 Å². The maximum Gasteiger partial charge on any atom is 0.160 e. The zero-order valence-electron chi connectivity index (χ0n) is 29.3. The average Bonchev–Trinajstić information content (AvgIpc) is 3.82. The third kappa shape index (κ3) is 4.49. The number of nitrogens with zero attached hydrogens (tertiary/aromatic N) is 3. The molecule has 4 heteroatoms. The van der Waals surface area contributed by atoms with Crippen molar-refractivity contribution in [2.75, 3.05) is 0 Å². The number of furan rings is 1. The highest BCUT2D eigenvalue weighted by Crippen LogP contribution is 2.51. The third-order valence-electron chi connectivity index (χ3n) is 11.2. The Morgan fingerprint density at radius 3 is 1.98 bits per heavy atom. The van der Waals surface area contributed by atoms with Crippen LogP contribution in [0.1, 0.15) is 25.0 Å². The monoisotopic (exact) mass is 679 g/mol. The van der Waals surface area contributed by atoms with E-state index in [1.54, 1.807) is 0 Å². The molecule has 11 rings (SSSR count). The van der Waals surface area contributed by atoms with Gasteiger partial charge in [-0.1, -0.05) is 111 Å². The van der Waals surface area contributed by atoms with Gasteiger partial charge in [-0.05, 0) is 89.0 Å². The van der Waals surface area contributed by atoms with Crippen molar-refractivity contribution in [3.8, 4) is 50.7 Å². The van der Waals surface area contributed by atoms with Crippen LogP contribution in [-0.2, 0) is 5.41 Å². The lowest BCUT2D eigenvalue weighted by molar-refractivity contribution is 0.661. The molecule has 1 aliphatic rings. The van der Waals surface area contributed by atoms with Crippen LogP contribution in [0.5, 0.6) is 0 Å². The van der Waals surface area contributed by atoms with Gasteiger partial charge in [-0.3, -0.25) is 0 Å². The minimum Gasteiger partial charge on any atom is -0.456 e. The summed E-state index contributed by atoms with van der Waals surface area (Å²) in [6.07, 6.45) is 0. The van der Waals surface area contributed by atoms with Crippen molar-refractivity contribution in [2.45, 2.75) is 19.3 Å². The standard InChI is InChI=1S/C49H33N3O/c1-49(2)40-17-9-6-14-34(40)38-28-45-39(27-41(38)49)35-15-7-10-18-44(35)52(45)33-23-20-31(21-24-33)48-50-42(30-12-4-3-5-13-30)29-43(51-48)32-22-25-37-36-16-8-11-19-46(36)53-47(37)26-32/h3-29H,1-2H3. The molecular formula is C49H33N3O. The highest BCUT2D eigenvalue weighted by atomic mass is 16.3. The second-order valence-corrected chi connectivity index (χ2v) is 14.6. The van der Waals surface area contributed by atoms with E-state index in [1.807, 2.05) is 36.4 Å². The number of benzene rings is 7. The minimum absolute atomic E-state index is 0.0596. The Kier molecular flexibility index (Phi) is 6.27. The van der Waals surface area contributed by atoms with Gasteiger partial charge in [0.1, 0.15) is 11.2 Å². The molecule has 0 spiro atoms. The van der Waals surface area contributed by atoms with Crippen LogP contribution in [0.4, 0.5) is 0 Å². The van der Waals surface area contributed by atoms with Gasteiger partial charge in [-0.2, -0.15) is 0 Å². The van der Waals surface area contributed by atoms with Crippen molar-refractivity contribution in [1.82, 2.24) is 14.5 Å². The van der Waals surface area contributed by atoms with E-state index in [1.165, 1.54) is 44.1 Å². The predicted octanol–water partition coefficient (Wildman–Crippen LogP) is 12.8. The molecule has 0 radical (unpaired) electrons. The van der Waals surface area contributed by atoms with Gasteiger partial charge in [0.05, 0.1) is 22.4 Å². The van der Waals surface area contributed by atoms with Gasteiger partial charge in [-0.15, -0.1) is 0 Å². The molecule has 3 heterocycles. The fourth-order valence-electron chi connectivity index (χ4n) is 8.57. The van der Waals surface area contributed by atoms with Gasteiger partial charge in [0, 0.05) is 49.3 Å². The van der Waals surface area contributed by atoms with Crippen LogP contribution in [-0.4, -0.2) is 14.5 Å². The number of aromatic nitrogens is 3. The lowest BCUT2D eigenvalue weighted by Crippen LogP contribution is -2.14. The van der Waals surface area contributed by atoms with Crippen LogP contribution in [0.25, 0.3) is 94.5 Å². The Hall–Kier alpha value is -6.78. The zero-order chi connectivity index (χ0) is 35.3. The Morgan fingerprint density at radius 2 is 1.13 bits per heavy atom. The fraction of sp³-hybridized carbons (Fsp3) is 0.0612. The van der Waals surface area contributed by atoms with Gasteiger partial charge in [0.2, 0.25) is 0 Å². The molecule has 0 unspecified atom stereocenters. The highest BCUT2D eigenvalue weighted by Gasteiger charge is 2.36. The summed E-state index contributed by atoms with van der Waals surface area (Å²) in [5.74, 6) is 0.677. The first-order chi connectivity index (χ1) is 26.0. The van der Waals surface area contributed by atoms with E-state index in [2.05, 4.69) is 146 Å². The number of fused-ring (bicyclic) bond motifs is 9. The second-order valence-electron chi connectivity index (χ2n) is 14.6. The van der Waals surface area contributed by atoms with Gasteiger partial charge in [0.25, 0.3) is 0 Å². The minimum atomic E-state index is -0.0596. The van der Waals surface area contributed by atoms with Crippen LogP contribution < -0.4 is 0 Å². The summed E-state index contributed by atoms with van der Waals surface area (Å²) in [5, 5.41) is 4.74. The number of rotatable bonds is 4. The van der Waals surface area contributed by atoms with Crippen molar-refractivity contribution in [3.63, 3.8) is 0 Å². The fourth-order valence-corrected chi connectivity index (χ4v) is 8.57. The largest absolute Gasteiger partial charge is 0.456 e. The summed E-state index contributed by atoms with van der Waals surface area (Å²) in [6.45, 7) is 4.69. The number of para-hydroxylation sites is 2. The molecule has 53 heavy (non-hydrogen) atoms. The maximum absolute atomic E-state index is 6.26. The van der Waals surface area contributed by atoms with Gasteiger partial charge in [-0.25, -0.2) is 9.97 Å². The van der Waals surface area contributed by atoms with Crippen molar-refractivity contribution in [2.24, 2.45) is 0 Å². The lowest BCUT2D eigenvalue weighted by Gasteiger charge is -2.21. The van der Waals surface area contributed by atoms with Crippen LogP contribution in [0.3, 0.4) is 0 Å². The van der Waals surface area contributed by atoms with Crippen molar-refractivity contribution < 1.29 is 4.42 Å². The SMILES string of the molecule is CC1(C)c2ccccc2-c2cc3c(cc21)c1ccccc1n3-c1ccc(-c2nc(-c3ccccc3)cc(-c3ccc4c(c3)oc3ccccc34)n2)cc1. The normalized spacial score (nSPS) is 13.2. The molecule has 4 nitrogen and oxygen atoms in total. The second kappa shape index (κ2) is 11.1. The maximum atomic E-state index is 6.26. The average molecular weight is 680 g/mol. The molecule has 0 N–H and O–H groups in total. The van der Waals surface area contributed by atoms with E-state index in [0.717, 1.165) is 55.7 Å². The highest BCUT2D eigenvalue weighted by molar-refractivity contribution is 6.11. The molecule has 3 aromatic heterocycles. The van der Waals surface area contributed by atoms with E-state index in [9.17, 15) is 0 Å². The Morgan fingerprint density at radius 1 is 0.453 bits per heavy atom. The molecule has 10 aromatic rings. The molecule has 0 amide bonds. The van der Waals surface area contributed by atoms with E-state index in [0.29, 0.717) is 5.82 Å². The van der Waals surface area contributed by atoms with E-state index < -0.39 is 0 Å². The summed E-state index contributed by atoms with van der Waals surface area (Å²) < 4.78 is 8.66. The number of hydrogen-bond donors (Lipinski definition) is 0. The Balaban J connectivity index is 1.06. The molecule has 0 atom stereocenters. The topological polar surface area (TPSA) is 43.9 Å². The molecule has 0 saturated carbocycles. The molecule has 0 fully saturated rings. The van der Waals surface area contributed by atoms with Crippen molar-refractivity contribution in [1.29, 1.82) is 0 Å². The molecule has 250 valence electrons. The van der Waals surface area contributed by atoms with E-state index in [-0.39, 0.29) is 5.41 Å². The summed E-state index contributed by atoms with van der Waals surface area (Å²) in [5.41, 5.74) is 15.3. The third-order valence-corrected chi connectivity index (χ3v) is 11.2. The molecule has 7 aromatic carbocycles. The summed E-state index contributed by atoms with van der Waals surface area (Å²) >= 11 is 0. The molecule has 0 aliphatic heterocycles. The quantitative estimate of drug-likeness (QED) is 0.186. The smallest absolute Gasteiger partial charge is 0.160 e. The predicted molar refractivity (Wildman–Crippen MR) is 218 cm³/mol. The first-order valence-electron chi connectivity index (χ1n) is 18.2. The summed E-state index contributed by atoms with van der Waals surface area (Å²) in [7, 11) is 0. The van der Waals surface area contributed by atoms with Crippen molar-refractivity contribution >= 4 is 43.7 Å². The summed E-state index contributed by atoms with van der Waals surface area (Å²) in [4.78, 5) is 10.3. The lowest BCUT2D eigenvalue weighted by atomic mass is 9.82. The molecule has 0 bridgehead atoms. The van der Waals surface area contributed by atoms with Crippen molar-refractivity contribution in [3.05, 3.63) is 175 Å². The van der Waals surface area contributed by atoms with Gasteiger partial charge in [0.15, 0.2) is 5.82 Å². The van der Waals surface area contributed by atoms with Crippen LogP contribution in [0.2, 0.25) is 0 Å². The molecule has 1 aliphatic carbocycles. The van der Waals surface area contributed by atoms with Gasteiger partial charge >= 0.3 is 0 Å². The van der Waals surface area contributed by atoms with Crippen LogP contribution >= 0.6 is 0 Å². The first kappa shape index (κ1) is 29.9. The Bertz CT molecular complexity index is 3080. The zero-order valence-corrected chi connectivity index (χ0v) is 29.3. The molecular weight excluding hydrogens is 647 g/mol. The Labute approximate surface area is 306 Å². The van der Waals surface area contributed by atoms with E-state index in [4.69, 9.17) is 14.4 Å². The first-order valence-corrected chi connectivity index (χ1v) is 18.2.